The van der Waals surface area contributed by atoms with Crippen molar-refractivity contribution in [2.75, 3.05) is 0 Å². The van der Waals surface area contributed by atoms with Gasteiger partial charge in [-0.05, 0) is 25.8 Å². The highest BCUT2D eigenvalue weighted by molar-refractivity contribution is 5.82. The van der Waals surface area contributed by atoms with Crippen molar-refractivity contribution in [3.63, 3.8) is 0 Å². The topological polar surface area (TPSA) is 12.4 Å². The fraction of sp³-hybridized carbons (Fsp3) is 0.375. The van der Waals surface area contributed by atoms with Crippen molar-refractivity contribution in [1.29, 1.82) is 0 Å². The molecule has 0 aliphatic carbocycles. The Labute approximate surface area is 60.0 Å². The standard InChI is InChI=1S/C8H10FN/c1-7-4-2-3-5-8(9)6-10-7/h3,5-6H,2,4H2,1H3/b5-3-,8-6+,10-7-. The van der Waals surface area contributed by atoms with Crippen LogP contribution in [0.25, 0.3) is 0 Å². The molecule has 1 aliphatic heterocycles. The molecule has 1 nitrogen and oxygen atoms in total. The summed E-state index contributed by atoms with van der Waals surface area (Å²) >= 11 is 0. The molecule has 0 aromatic rings. The molecule has 2 heteroatoms. The van der Waals surface area contributed by atoms with Gasteiger partial charge in [0.25, 0.3) is 0 Å². The molecular weight excluding hydrogens is 129 g/mol. The van der Waals surface area contributed by atoms with Gasteiger partial charge in [0.05, 0.1) is 6.20 Å². The minimum atomic E-state index is -0.265. The molecule has 0 aromatic heterocycles. The molecule has 0 atom stereocenters. The van der Waals surface area contributed by atoms with Gasteiger partial charge in [-0.15, -0.1) is 0 Å². The third-order valence-corrected chi connectivity index (χ3v) is 1.36. The molecule has 54 valence electrons. The summed E-state index contributed by atoms with van der Waals surface area (Å²) in [6, 6.07) is 0. The van der Waals surface area contributed by atoms with Gasteiger partial charge in [-0.3, -0.25) is 4.99 Å². The zero-order valence-electron chi connectivity index (χ0n) is 5.97. The third-order valence-electron chi connectivity index (χ3n) is 1.36. The summed E-state index contributed by atoms with van der Waals surface area (Å²) in [7, 11) is 0. The van der Waals surface area contributed by atoms with Crippen LogP contribution in [0.1, 0.15) is 19.8 Å². The Balaban J connectivity index is 2.75. The molecule has 0 radical (unpaired) electrons. The normalized spacial score (nSPS) is 32.6. The largest absolute Gasteiger partial charge is 0.263 e. The quantitative estimate of drug-likeness (QED) is 0.489. The van der Waals surface area contributed by atoms with E-state index in [1.165, 1.54) is 12.3 Å². The van der Waals surface area contributed by atoms with E-state index in [9.17, 15) is 4.39 Å². The van der Waals surface area contributed by atoms with Crippen LogP contribution in [0.3, 0.4) is 0 Å². The monoisotopic (exact) mass is 139 g/mol. The molecule has 1 heterocycles. The second kappa shape index (κ2) is 3.30. The summed E-state index contributed by atoms with van der Waals surface area (Å²) in [4.78, 5) is 3.89. The van der Waals surface area contributed by atoms with Gasteiger partial charge in [0, 0.05) is 5.71 Å². The molecule has 0 amide bonds. The highest BCUT2D eigenvalue weighted by atomic mass is 19.1. The number of rotatable bonds is 0. The zero-order valence-corrected chi connectivity index (χ0v) is 5.97. The molecule has 0 aromatic carbocycles. The molecule has 0 saturated carbocycles. The van der Waals surface area contributed by atoms with Crippen LogP contribution < -0.4 is 0 Å². The van der Waals surface area contributed by atoms with Gasteiger partial charge in [-0.25, -0.2) is 4.39 Å². The predicted octanol–water partition coefficient (Wildman–Crippen LogP) is 2.61. The van der Waals surface area contributed by atoms with Gasteiger partial charge >= 0.3 is 0 Å². The number of hydrogen-bond donors (Lipinski definition) is 0. The SMILES string of the molecule is C/C1=N/C=C(F)\C=C/CC1. The maximum Gasteiger partial charge on any atom is 0.141 e. The van der Waals surface area contributed by atoms with E-state index >= 15 is 0 Å². The van der Waals surface area contributed by atoms with Crippen LogP contribution in [-0.2, 0) is 0 Å². The minimum Gasteiger partial charge on any atom is -0.263 e. The molecular formula is C8H10FN. The first-order valence-corrected chi connectivity index (χ1v) is 3.34. The van der Waals surface area contributed by atoms with Crippen LogP contribution in [0.15, 0.2) is 29.2 Å². The van der Waals surface area contributed by atoms with Gasteiger partial charge in [-0.1, -0.05) is 6.08 Å². The fourth-order valence-electron chi connectivity index (χ4n) is 0.768. The van der Waals surface area contributed by atoms with Gasteiger partial charge in [0.1, 0.15) is 5.83 Å². The van der Waals surface area contributed by atoms with E-state index in [0.29, 0.717) is 0 Å². The van der Waals surface area contributed by atoms with Crippen molar-refractivity contribution >= 4 is 5.71 Å². The second-order valence-electron chi connectivity index (χ2n) is 2.32. The Kier molecular flexibility index (Phi) is 2.37. The number of nitrogens with zero attached hydrogens (tertiary/aromatic N) is 1. The minimum absolute atomic E-state index is 0.265. The lowest BCUT2D eigenvalue weighted by Crippen LogP contribution is -1.90. The lowest BCUT2D eigenvalue weighted by atomic mass is 10.2. The number of aliphatic imine (C=N–C) groups is 1. The van der Waals surface area contributed by atoms with Crippen LogP contribution in [0.4, 0.5) is 4.39 Å². The predicted molar refractivity (Wildman–Crippen MR) is 40.7 cm³/mol. The van der Waals surface area contributed by atoms with E-state index in [1.54, 1.807) is 0 Å². The van der Waals surface area contributed by atoms with Gasteiger partial charge in [0.15, 0.2) is 0 Å². The van der Waals surface area contributed by atoms with E-state index in [4.69, 9.17) is 0 Å². The fourth-order valence-corrected chi connectivity index (χ4v) is 0.768. The highest BCUT2D eigenvalue weighted by Gasteiger charge is 1.93. The van der Waals surface area contributed by atoms with Crippen molar-refractivity contribution < 1.29 is 4.39 Å². The summed E-state index contributed by atoms with van der Waals surface area (Å²) < 4.78 is 12.5. The van der Waals surface area contributed by atoms with Gasteiger partial charge in [-0.2, -0.15) is 0 Å². The van der Waals surface area contributed by atoms with Crippen molar-refractivity contribution in [3.8, 4) is 0 Å². The van der Waals surface area contributed by atoms with Crippen molar-refractivity contribution in [2.24, 2.45) is 4.99 Å². The van der Waals surface area contributed by atoms with Crippen LogP contribution in [-0.4, -0.2) is 5.71 Å². The molecule has 0 N–H and O–H groups in total. The molecule has 0 unspecified atom stereocenters. The summed E-state index contributed by atoms with van der Waals surface area (Å²) in [5, 5.41) is 0. The van der Waals surface area contributed by atoms with E-state index in [0.717, 1.165) is 18.6 Å². The summed E-state index contributed by atoms with van der Waals surface area (Å²) in [6.45, 7) is 1.91. The second-order valence-corrected chi connectivity index (χ2v) is 2.32. The van der Waals surface area contributed by atoms with Gasteiger partial charge in [0.2, 0.25) is 0 Å². The Morgan fingerprint density at radius 1 is 1.60 bits per heavy atom. The van der Waals surface area contributed by atoms with E-state index < -0.39 is 0 Å². The Hall–Kier alpha value is -0.920. The molecule has 0 spiro atoms. The van der Waals surface area contributed by atoms with Crippen LogP contribution >= 0.6 is 0 Å². The zero-order chi connectivity index (χ0) is 7.40. The van der Waals surface area contributed by atoms with Crippen LogP contribution in [0.5, 0.6) is 0 Å². The number of halogens is 1. The number of hydrogen-bond acceptors (Lipinski definition) is 1. The maximum absolute atomic E-state index is 12.5. The first-order valence-electron chi connectivity index (χ1n) is 3.34. The Morgan fingerprint density at radius 3 is 3.20 bits per heavy atom. The number of allylic oxidation sites excluding steroid dienone is 3. The van der Waals surface area contributed by atoms with E-state index in [2.05, 4.69) is 4.99 Å². The average Bonchev–Trinajstić information content (AvgIpc) is 1.90. The van der Waals surface area contributed by atoms with Crippen LogP contribution in [0, 0.1) is 0 Å². The van der Waals surface area contributed by atoms with Gasteiger partial charge < -0.3 is 0 Å². The van der Waals surface area contributed by atoms with Crippen molar-refractivity contribution in [3.05, 3.63) is 24.2 Å². The third kappa shape index (κ3) is 2.13. The highest BCUT2D eigenvalue weighted by Crippen LogP contribution is 2.06. The smallest absolute Gasteiger partial charge is 0.141 e. The lowest BCUT2D eigenvalue weighted by Gasteiger charge is -1.97. The first-order chi connectivity index (χ1) is 4.79. The van der Waals surface area contributed by atoms with Crippen LogP contribution in [0.2, 0.25) is 0 Å². The molecule has 0 fully saturated rings. The van der Waals surface area contributed by atoms with Crippen molar-refractivity contribution in [1.82, 2.24) is 0 Å². The average molecular weight is 139 g/mol. The molecule has 10 heavy (non-hydrogen) atoms. The molecule has 0 saturated heterocycles. The summed E-state index contributed by atoms with van der Waals surface area (Å²) in [5.74, 6) is -0.265. The maximum atomic E-state index is 12.5. The molecule has 0 bridgehead atoms. The Bertz CT molecular complexity index is 201. The lowest BCUT2D eigenvalue weighted by molar-refractivity contribution is 0.662. The van der Waals surface area contributed by atoms with E-state index in [-0.39, 0.29) is 5.83 Å². The Morgan fingerprint density at radius 2 is 2.40 bits per heavy atom. The summed E-state index contributed by atoms with van der Waals surface area (Å²) in [6.07, 6.45) is 6.35. The molecule has 1 aliphatic rings. The van der Waals surface area contributed by atoms with Crippen molar-refractivity contribution in [2.45, 2.75) is 19.8 Å². The molecule has 1 rings (SSSR count). The van der Waals surface area contributed by atoms with E-state index in [1.807, 2.05) is 13.0 Å². The summed E-state index contributed by atoms with van der Waals surface area (Å²) in [5.41, 5.74) is 0.986. The first kappa shape index (κ1) is 7.19.